The number of nitrogens with zero attached hydrogens (tertiary/aromatic N) is 2. The molecule has 1 aliphatic rings. The number of hydrogen-bond donors (Lipinski definition) is 1. The lowest BCUT2D eigenvalue weighted by molar-refractivity contribution is -0.140. The van der Waals surface area contributed by atoms with Gasteiger partial charge < -0.3 is 14.6 Å². The Labute approximate surface area is 210 Å². The third-order valence-corrected chi connectivity index (χ3v) is 7.17. The van der Waals surface area contributed by atoms with E-state index in [1.807, 2.05) is 13.0 Å². The second-order valence-electron chi connectivity index (χ2n) is 10.9. The van der Waals surface area contributed by atoms with Crippen LogP contribution < -0.4 is 5.32 Å². The number of aromatic nitrogens is 2. The molecule has 1 unspecified atom stereocenters. The number of esters is 1. The SMILES string of the molecule is COC(=O)CCc1cc2nc(Nc3ccc(C(F)(F)F)cc3)n(C3C[C@H](C)CC(C)(C)C3)c2cc1C. The van der Waals surface area contributed by atoms with Gasteiger partial charge in [0.05, 0.1) is 23.7 Å². The zero-order valence-electron chi connectivity index (χ0n) is 21.5. The number of halogens is 3. The van der Waals surface area contributed by atoms with Gasteiger partial charge in [-0.05, 0) is 91.5 Å². The maximum atomic E-state index is 13.0. The van der Waals surface area contributed by atoms with E-state index < -0.39 is 11.7 Å². The Morgan fingerprint density at radius 3 is 2.50 bits per heavy atom. The molecule has 194 valence electrons. The molecule has 8 heteroatoms. The highest BCUT2D eigenvalue weighted by molar-refractivity contribution is 5.82. The van der Waals surface area contributed by atoms with Crippen molar-refractivity contribution in [1.82, 2.24) is 9.55 Å². The first kappa shape index (κ1) is 26.0. The van der Waals surface area contributed by atoms with Crippen LogP contribution in [0.2, 0.25) is 0 Å². The minimum atomic E-state index is -4.38. The number of anilines is 2. The van der Waals surface area contributed by atoms with E-state index in [-0.39, 0.29) is 23.8 Å². The smallest absolute Gasteiger partial charge is 0.416 e. The van der Waals surface area contributed by atoms with Gasteiger partial charge in [0.15, 0.2) is 0 Å². The lowest BCUT2D eigenvalue weighted by Gasteiger charge is -2.40. The molecule has 1 fully saturated rings. The van der Waals surface area contributed by atoms with Crippen LogP contribution in [0.4, 0.5) is 24.8 Å². The first-order valence-electron chi connectivity index (χ1n) is 12.4. The van der Waals surface area contributed by atoms with Crippen molar-refractivity contribution < 1.29 is 22.7 Å². The quantitative estimate of drug-likeness (QED) is 0.353. The third kappa shape index (κ3) is 5.68. The van der Waals surface area contributed by atoms with Crippen LogP contribution in [-0.4, -0.2) is 22.6 Å². The van der Waals surface area contributed by atoms with Gasteiger partial charge in [-0.3, -0.25) is 4.79 Å². The van der Waals surface area contributed by atoms with Crippen LogP contribution in [-0.2, 0) is 22.1 Å². The molecule has 3 aromatic rings. The molecule has 0 spiro atoms. The van der Waals surface area contributed by atoms with Crippen LogP contribution in [0.5, 0.6) is 0 Å². The molecule has 0 saturated heterocycles. The fraction of sp³-hybridized carbons (Fsp3) is 0.500. The van der Waals surface area contributed by atoms with Crippen LogP contribution in [0.1, 0.15) is 69.2 Å². The number of aryl methyl sites for hydroxylation is 2. The maximum Gasteiger partial charge on any atom is 0.416 e. The van der Waals surface area contributed by atoms with Gasteiger partial charge in [0.25, 0.3) is 0 Å². The van der Waals surface area contributed by atoms with E-state index in [2.05, 4.69) is 36.7 Å². The number of fused-ring (bicyclic) bond motifs is 1. The number of carbonyl (C=O) groups is 1. The molecule has 4 rings (SSSR count). The summed E-state index contributed by atoms with van der Waals surface area (Å²) in [6, 6.07) is 9.36. The predicted octanol–water partition coefficient (Wildman–Crippen LogP) is 7.60. The molecular weight excluding hydrogens is 467 g/mol. The summed E-state index contributed by atoms with van der Waals surface area (Å²) in [6.07, 6.45) is -0.416. The molecule has 2 atom stereocenters. The van der Waals surface area contributed by atoms with Gasteiger partial charge in [-0.15, -0.1) is 0 Å². The van der Waals surface area contributed by atoms with Crippen LogP contribution in [0.15, 0.2) is 36.4 Å². The third-order valence-electron chi connectivity index (χ3n) is 7.17. The molecule has 0 aliphatic heterocycles. The van der Waals surface area contributed by atoms with E-state index in [9.17, 15) is 18.0 Å². The molecule has 0 bridgehead atoms. The van der Waals surface area contributed by atoms with E-state index in [0.29, 0.717) is 24.0 Å². The molecule has 1 aromatic heterocycles. The van der Waals surface area contributed by atoms with Crippen LogP contribution in [0.3, 0.4) is 0 Å². The molecule has 1 N–H and O–H groups in total. The van der Waals surface area contributed by atoms with E-state index in [0.717, 1.165) is 53.6 Å². The van der Waals surface area contributed by atoms with Crippen molar-refractivity contribution in [2.75, 3.05) is 12.4 Å². The molecule has 1 saturated carbocycles. The summed E-state index contributed by atoms with van der Waals surface area (Å²) in [6.45, 7) is 8.87. The summed E-state index contributed by atoms with van der Waals surface area (Å²) in [4.78, 5) is 16.6. The highest BCUT2D eigenvalue weighted by Gasteiger charge is 2.35. The van der Waals surface area contributed by atoms with Crippen LogP contribution in [0, 0.1) is 18.3 Å². The van der Waals surface area contributed by atoms with Crippen molar-refractivity contribution in [3.63, 3.8) is 0 Å². The summed E-state index contributed by atoms with van der Waals surface area (Å²) >= 11 is 0. The summed E-state index contributed by atoms with van der Waals surface area (Å²) in [5.41, 5.74) is 3.90. The maximum absolute atomic E-state index is 13.0. The van der Waals surface area contributed by atoms with Crippen LogP contribution in [0.25, 0.3) is 11.0 Å². The molecule has 36 heavy (non-hydrogen) atoms. The van der Waals surface area contributed by atoms with Gasteiger partial charge >= 0.3 is 12.1 Å². The van der Waals surface area contributed by atoms with Crippen molar-refractivity contribution in [1.29, 1.82) is 0 Å². The number of hydrogen-bond acceptors (Lipinski definition) is 4. The van der Waals surface area contributed by atoms with E-state index in [1.165, 1.54) is 19.2 Å². The fourth-order valence-electron chi connectivity index (χ4n) is 5.72. The minimum Gasteiger partial charge on any atom is -0.469 e. The number of imidazole rings is 1. The first-order chi connectivity index (χ1) is 16.9. The molecule has 2 aromatic carbocycles. The second kappa shape index (κ2) is 9.79. The van der Waals surface area contributed by atoms with E-state index in [4.69, 9.17) is 9.72 Å². The highest BCUT2D eigenvalue weighted by atomic mass is 19.4. The number of ether oxygens (including phenoxy) is 1. The Bertz CT molecular complexity index is 1250. The van der Waals surface area contributed by atoms with Crippen LogP contribution >= 0.6 is 0 Å². The average Bonchev–Trinajstić information content (AvgIpc) is 3.12. The topological polar surface area (TPSA) is 56.1 Å². The minimum absolute atomic E-state index is 0.167. The van der Waals surface area contributed by atoms with Gasteiger partial charge in [-0.1, -0.05) is 20.8 Å². The van der Waals surface area contributed by atoms with Gasteiger partial charge in [0.1, 0.15) is 0 Å². The van der Waals surface area contributed by atoms with E-state index in [1.54, 1.807) is 0 Å². The van der Waals surface area contributed by atoms with Crippen molar-refractivity contribution in [2.45, 2.75) is 72.0 Å². The zero-order chi connectivity index (χ0) is 26.3. The number of alkyl halides is 3. The number of nitrogens with one attached hydrogen (secondary N) is 1. The number of benzene rings is 2. The van der Waals surface area contributed by atoms with Crippen molar-refractivity contribution in [2.24, 2.45) is 11.3 Å². The van der Waals surface area contributed by atoms with Crippen molar-refractivity contribution >= 4 is 28.6 Å². The number of rotatable bonds is 6. The number of methoxy groups -OCH3 is 1. The molecule has 1 aliphatic carbocycles. The van der Waals surface area contributed by atoms with E-state index >= 15 is 0 Å². The normalized spacial score (nSPS) is 19.9. The Morgan fingerprint density at radius 1 is 1.19 bits per heavy atom. The van der Waals surface area contributed by atoms with Gasteiger partial charge in [-0.2, -0.15) is 13.2 Å². The van der Waals surface area contributed by atoms with Crippen molar-refractivity contribution in [3.8, 4) is 0 Å². The van der Waals surface area contributed by atoms with Gasteiger partial charge in [0, 0.05) is 18.2 Å². The van der Waals surface area contributed by atoms with Gasteiger partial charge in [-0.25, -0.2) is 4.98 Å². The molecule has 5 nitrogen and oxygen atoms in total. The summed E-state index contributed by atoms with van der Waals surface area (Å²) in [5.74, 6) is 0.892. The zero-order valence-corrected chi connectivity index (χ0v) is 21.5. The lowest BCUT2D eigenvalue weighted by Crippen LogP contribution is -2.29. The molecule has 1 heterocycles. The summed E-state index contributed by atoms with van der Waals surface area (Å²) < 4.78 is 46.2. The summed E-state index contributed by atoms with van der Waals surface area (Å²) in [5, 5.41) is 3.29. The molecular formula is C28H34F3N3O2. The largest absolute Gasteiger partial charge is 0.469 e. The fourth-order valence-corrected chi connectivity index (χ4v) is 5.72. The monoisotopic (exact) mass is 501 g/mol. The predicted molar refractivity (Wildman–Crippen MR) is 135 cm³/mol. The first-order valence-corrected chi connectivity index (χ1v) is 12.4. The Morgan fingerprint density at radius 2 is 1.89 bits per heavy atom. The molecule has 0 amide bonds. The second-order valence-corrected chi connectivity index (χ2v) is 10.9. The Balaban J connectivity index is 1.76. The highest BCUT2D eigenvalue weighted by Crippen LogP contribution is 2.46. The summed E-state index contributed by atoms with van der Waals surface area (Å²) in [7, 11) is 1.38. The number of carbonyl (C=O) groups excluding carboxylic acids is 1. The Hall–Kier alpha value is -3.03. The Kier molecular flexibility index (Phi) is 7.08. The van der Waals surface area contributed by atoms with Crippen molar-refractivity contribution in [3.05, 3.63) is 53.1 Å². The average molecular weight is 502 g/mol. The lowest BCUT2D eigenvalue weighted by atomic mass is 9.70. The van der Waals surface area contributed by atoms with Gasteiger partial charge in [0.2, 0.25) is 5.95 Å². The standard InChI is InChI=1S/C28H34F3N3O2/c1-17-12-22(16-27(3,4)15-17)34-24-13-18(2)19(6-11-25(35)36-5)14-23(24)33-26(34)32-21-9-7-20(8-10-21)28(29,30)31/h7-10,13-14,17,22H,6,11-12,15-16H2,1-5H3,(H,32,33)/t17-,22?/m0/s1. The molecule has 0 radical (unpaired) electrons.